The zero-order valence-electron chi connectivity index (χ0n) is 12.6. The van der Waals surface area contributed by atoms with E-state index in [2.05, 4.69) is 5.32 Å². The number of carbonyl (C=O) groups excluding carboxylic acids is 1. The molecule has 1 aromatic carbocycles. The first-order valence-electron chi connectivity index (χ1n) is 7.61. The second-order valence-electron chi connectivity index (χ2n) is 5.63. The van der Waals surface area contributed by atoms with Gasteiger partial charge in [-0.05, 0) is 31.0 Å². The van der Waals surface area contributed by atoms with Crippen molar-refractivity contribution in [3.05, 3.63) is 59.4 Å². The number of rotatable bonds is 4. The molecule has 6 heteroatoms. The third-order valence-corrected chi connectivity index (χ3v) is 3.97. The number of nitrogens with zero attached hydrogens (tertiary/aromatic N) is 1. The Labute approximate surface area is 133 Å². The molecule has 0 spiro atoms. The van der Waals surface area contributed by atoms with Crippen LogP contribution in [0.3, 0.4) is 0 Å². The van der Waals surface area contributed by atoms with Crippen LogP contribution in [0.25, 0.3) is 0 Å². The van der Waals surface area contributed by atoms with E-state index in [1.165, 1.54) is 18.2 Å². The molecule has 0 bridgehead atoms. The van der Waals surface area contributed by atoms with Crippen LogP contribution in [0.15, 0.2) is 36.7 Å². The molecule has 3 rings (SSSR count). The molecule has 0 radical (unpaired) electrons. The molecule has 0 atom stereocenters. The minimum Gasteiger partial charge on any atom is -0.381 e. The minimum absolute atomic E-state index is 0.0144. The fourth-order valence-corrected chi connectivity index (χ4v) is 2.65. The normalized spacial score (nSPS) is 15.6. The number of amides is 1. The molecule has 1 fully saturated rings. The minimum atomic E-state index is -0.591. The van der Waals surface area contributed by atoms with Crippen molar-refractivity contribution in [2.75, 3.05) is 13.2 Å². The zero-order chi connectivity index (χ0) is 16.2. The Balaban J connectivity index is 1.66. The molecule has 23 heavy (non-hydrogen) atoms. The van der Waals surface area contributed by atoms with Crippen molar-refractivity contribution in [3.63, 3.8) is 0 Å². The van der Waals surface area contributed by atoms with Crippen molar-refractivity contribution in [1.82, 2.24) is 9.88 Å². The Morgan fingerprint density at radius 3 is 2.61 bits per heavy atom. The van der Waals surface area contributed by atoms with Crippen LogP contribution in [0, 0.1) is 11.6 Å². The fraction of sp³-hybridized carbons (Fsp3) is 0.353. The van der Waals surface area contributed by atoms with E-state index in [0.29, 0.717) is 18.8 Å². The van der Waals surface area contributed by atoms with E-state index in [0.717, 1.165) is 12.8 Å². The van der Waals surface area contributed by atoms with Gasteiger partial charge in [0.05, 0.1) is 12.1 Å². The summed E-state index contributed by atoms with van der Waals surface area (Å²) in [5.41, 5.74) is 0.465. The molecule has 1 aliphatic heterocycles. The fourth-order valence-electron chi connectivity index (χ4n) is 2.65. The highest BCUT2D eigenvalue weighted by Crippen LogP contribution is 2.15. The molecule has 2 aromatic rings. The van der Waals surface area contributed by atoms with E-state index >= 15 is 0 Å². The molecule has 0 aliphatic carbocycles. The first kappa shape index (κ1) is 15.7. The van der Waals surface area contributed by atoms with Gasteiger partial charge in [-0.1, -0.05) is 6.07 Å². The number of benzene rings is 1. The highest BCUT2D eigenvalue weighted by molar-refractivity contribution is 5.94. The molecular formula is C17H18F2N2O2. The average Bonchev–Trinajstić information content (AvgIpc) is 3.01. The van der Waals surface area contributed by atoms with Gasteiger partial charge in [-0.3, -0.25) is 4.79 Å². The Kier molecular flexibility index (Phi) is 4.71. The number of hydrogen-bond donors (Lipinski definition) is 1. The number of halogens is 2. The molecule has 1 saturated heterocycles. The van der Waals surface area contributed by atoms with Crippen molar-refractivity contribution < 1.29 is 18.3 Å². The smallest absolute Gasteiger partial charge is 0.253 e. The van der Waals surface area contributed by atoms with Crippen LogP contribution in [-0.2, 0) is 11.3 Å². The number of carbonyl (C=O) groups is 1. The molecule has 4 nitrogen and oxygen atoms in total. The Bertz CT molecular complexity index is 673. The standard InChI is InChI=1S/C17H18F2N2O2/c18-15-2-1-3-16(19)14(15)11-21-7-4-12(10-21)17(22)20-13-5-8-23-9-6-13/h1-4,7,10,13H,5-6,8-9,11H2,(H,20,22). The van der Waals surface area contributed by atoms with Gasteiger partial charge in [0.2, 0.25) is 0 Å². The number of hydrogen-bond acceptors (Lipinski definition) is 2. The summed E-state index contributed by atoms with van der Waals surface area (Å²) >= 11 is 0. The number of ether oxygens (including phenoxy) is 1. The van der Waals surface area contributed by atoms with Gasteiger partial charge in [-0.15, -0.1) is 0 Å². The third-order valence-electron chi connectivity index (χ3n) is 3.97. The van der Waals surface area contributed by atoms with Crippen LogP contribution >= 0.6 is 0 Å². The van der Waals surface area contributed by atoms with Gasteiger partial charge in [0.15, 0.2) is 0 Å². The monoisotopic (exact) mass is 320 g/mol. The lowest BCUT2D eigenvalue weighted by Gasteiger charge is -2.22. The second-order valence-corrected chi connectivity index (χ2v) is 5.63. The van der Waals surface area contributed by atoms with Crippen molar-refractivity contribution >= 4 is 5.91 Å². The Hall–Kier alpha value is -2.21. The summed E-state index contributed by atoms with van der Waals surface area (Å²) in [6, 6.07) is 5.54. The molecular weight excluding hydrogens is 302 g/mol. The van der Waals surface area contributed by atoms with Gasteiger partial charge in [-0.2, -0.15) is 0 Å². The lowest BCUT2D eigenvalue weighted by atomic mass is 10.1. The maximum atomic E-state index is 13.7. The third kappa shape index (κ3) is 3.76. The summed E-state index contributed by atoms with van der Waals surface area (Å²) in [6.45, 7) is 1.35. The van der Waals surface area contributed by atoms with E-state index in [1.807, 2.05) is 0 Å². The maximum absolute atomic E-state index is 13.7. The van der Waals surface area contributed by atoms with Crippen LogP contribution in [-0.4, -0.2) is 29.7 Å². The maximum Gasteiger partial charge on any atom is 0.253 e. The quantitative estimate of drug-likeness (QED) is 0.941. The molecule has 0 saturated carbocycles. The lowest BCUT2D eigenvalue weighted by Crippen LogP contribution is -2.38. The van der Waals surface area contributed by atoms with Crippen LogP contribution in [0.5, 0.6) is 0 Å². The molecule has 1 aromatic heterocycles. The van der Waals surface area contributed by atoms with Crippen LogP contribution in [0.2, 0.25) is 0 Å². The van der Waals surface area contributed by atoms with E-state index < -0.39 is 11.6 Å². The summed E-state index contributed by atoms with van der Waals surface area (Å²) < 4.78 is 34.2. The largest absolute Gasteiger partial charge is 0.381 e. The molecule has 1 N–H and O–H groups in total. The van der Waals surface area contributed by atoms with Crippen molar-refractivity contribution in [2.45, 2.75) is 25.4 Å². The summed E-state index contributed by atoms with van der Waals surface area (Å²) in [5.74, 6) is -1.36. The van der Waals surface area contributed by atoms with Crippen molar-refractivity contribution in [3.8, 4) is 0 Å². The predicted octanol–water partition coefficient (Wildman–Crippen LogP) is 2.72. The van der Waals surface area contributed by atoms with Gasteiger partial charge >= 0.3 is 0 Å². The predicted molar refractivity (Wildman–Crippen MR) is 81.2 cm³/mol. The lowest BCUT2D eigenvalue weighted by molar-refractivity contribution is 0.0696. The SMILES string of the molecule is O=C(NC1CCOCC1)c1ccn(Cc2c(F)cccc2F)c1. The molecule has 1 amide bonds. The van der Waals surface area contributed by atoms with Gasteiger partial charge in [0.25, 0.3) is 5.91 Å². The van der Waals surface area contributed by atoms with Crippen LogP contribution < -0.4 is 5.32 Å². The first-order valence-corrected chi connectivity index (χ1v) is 7.61. The summed E-state index contributed by atoms with van der Waals surface area (Å²) in [4.78, 5) is 12.2. The number of aromatic nitrogens is 1. The summed E-state index contributed by atoms with van der Waals surface area (Å²) in [7, 11) is 0. The molecule has 122 valence electrons. The second kappa shape index (κ2) is 6.91. The average molecular weight is 320 g/mol. The van der Waals surface area contributed by atoms with Crippen LogP contribution in [0.4, 0.5) is 8.78 Å². The van der Waals surface area contributed by atoms with Gasteiger partial charge in [0, 0.05) is 37.2 Å². The van der Waals surface area contributed by atoms with E-state index in [-0.39, 0.29) is 24.1 Å². The van der Waals surface area contributed by atoms with E-state index in [1.54, 1.807) is 23.0 Å². The van der Waals surface area contributed by atoms with Gasteiger partial charge < -0.3 is 14.6 Å². The summed E-state index contributed by atoms with van der Waals surface area (Å²) in [6.07, 6.45) is 4.84. The molecule has 2 heterocycles. The highest BCUT2D eigenvalue weighted by atomic mass is 19.1. The molecule has 0 unspecified atom stereocenters. The van der Waals surface area contributed by atoms with Crippen molar-refractivity contribution in [1.29, 1.82) is 0 Å². The number of nitrogens with one attached hydrogen (secondary N) is 1. The van der Waals surface area contributed by atoms with E-state index in [9.17, 15) is 13.6 Å². The highest BCUT2D eigenvalue weighted by Gasteiger charge is 2.18. The Morgan fingerprint density at radius 1 is 1.22 bits per heavy atom. The zero-order valence-corrected chi connectivity index (χ0v) is 12.6. The topological polar surface area (TPSA) is 43.3 Å². The van der Waals surface area contributed by atoms with Crippen LogP contribution in [0.1, 0.15) is 28.8 Å². The molecule has 1 aliphatic rings. The van der Waals surface area contributed by atoms with Gasteiger partial charge in [0.1, 0.15) is 11.6 Å². The summed E-state index contributed by atoms with van der Waals surface area (Å²) in [5, 5.41) is 2.95. The first-order chi connectivity index (χ1) is 11.1. The van der Waals surface area contributed by atoms with Crippen molar-refractivity contribution in [2.24, 2.45) is 0 Å². The Morgan fingerprint density at radius 2 is 1.91 bits per heavy atom. The van der Waals surface area contributed by atoms with E-state index in [4.69, 9.17) is 4.74 Å². The van der Waals surface area contributed by atoms with Gasteiger partial charge in [-0.25, -0.2) is 8.78 Å².